The highest BCUT2D eigenvalue weighted by Crippen LogP contribution is 2.27. The molecule has 0 aromatic heterocycles. The van der Waals surface area contributed by atoms with E-state index in [1.807, 2.05) is 0 Å². The van der Waals surface area contributed by atoms with E-state index in [9.17, 15) is 9.59 Å². The first-order chi connectivity index (χ1) is 21.3. The molecule has 0 N–H and O–H groups in total. The Bertz CT molecular complexity index is 1330. The van der Waals surface area contributed by atoms with Crippen molar-refractivity contribution in [2.75, 3.05) is 39.6 Å². The monoisotopic (exact) mass is 604 g/mol. The second-order valence-electron chi connectivity index (χ2n) is 11.6. The van der Waals surface area contributed by atoms with Gasteiger partial charge in [0.15, 0.2) is 0 Å². The average molecular weight is 605 g/mol. The molecule has 1 saturated heterocycles. The molecule has 3 aromatic carbocycles. The van der Waals surface area contributed by atoms with E-state index in [0.717, 1.165) is 51.3 Å². The number of ether oxygens (including phenoxy) is 6. The first kappa shape index (κ1) is 33.0. The summed E-state index contributed by atoms with van der Waals surface area (Å²) in [5.41, 5.74) is 1.66. The molecular weight excluding hydrogens is 560 g/mol. The lowest BCUT2D eigenvalue weighted by atomic mass is 9.90. The van der Waals surface area contributed by atoms with Crippen LogP contribution in [0.5, 0.6) is 23.0 Å². The third-order valence-corrected chi connectivity index (χ3v) is 7.31. The molecule has 44 heavy (non-hydrogen) atoms. The van der Waals surface area contributed by atoms with Crippen molar-refractivity contribution in [3.63, 3.8) is 0 Å². The van der Waals surface area contributed by atoms with E-state index in [0.29, 0.717) is 53.8 Å². The first-order valence-electron chi connectivity index (χ1n) is 15.5. The molecule has 0 spiro atoms. The summed E-state index contributed by atoms with van der Waals surface area (Å²) >= 11 is 0. The van der Waals surface area contributed by atoms with Gasteiger partial charge in [0, 0.05) is 12.0 Å². The highest BCUT2D eigenvalue weighted by Gasteiger charge is 2.33. The molecule has 8 nitrogen and oxygen atoms in total. The number of esters is 2. The Kier molecular flexibility index (Phi) is 12.6. The Labute approximate surface area is 260 Å². The minimum absolute atomic E-state index is 0.174. The van der Waals surface area contributed by atoms with Crippen LogP contribution in [0.2, 0.25) is 0 Å². The minimum Gasteiger partial charge on any atom is -0.494 e. The van der Waals surface area contributed by atoms with Crippen molar-refractivity contribution >= 4 is 11.9 Å². The van der Waals surface area contributed by atoms with Gasteiger partial charge >= 0.3 is 11.9 Å². The third kappa shape index (κ3) is 10.4. The van der Waals surface area contributed by atoms with E-state index >= 15 is 0 Å². The third-order valence-electron chi connectivity index (χ3n) is 7.31. The van der Waals surface area contributed by atoms with Crippen molar-refractivity contribution in [2.45, 2.75) is 59.3 Å². The molecule has 1 heterocycles. The Hall–Kier alpha value is -3.88. The van der Waals surface area contributed by atoms with Crippen LogP contribution in [0.15, 0.2) is 66.7 Å². The van der Waals surface area contributed by atoms with Crippen LogP contribution in [0.4, 0.5) is 0 Å². The van der Waals surface area contributed by atoms with Gasteiger partial charge < -0.3 is 28.4 Å². The summed E-state index contributed by atoms with van der Waals surface area (Å²) in [7, 11) is 0. The molecule has 0 atom stereocenters. The molecule has 3 aromatic rings. The number of aryl methyl sites for hydroxylation is 1. The lowest BCUT2D eigenvalue weighted by molar-refractivity contribution is -0.138. The number of carbonyl (C=O) groups excluding carboxylic acids is 2. The zero-order valence-electron chi connectivity index (χ0n) is 26.1. The second kappa shape index (κ2) is 16.8. The van der Waals surface area contributed by atoms with Gasteiger partial charge in [0.05, 0.1) is 44.2 Å². The predicted molar refractivity (Wildman–Crippen MR) is 168 cm³/mol. The molecule has 0 unspecified atom stereocenters. The fraction of sp³-hybridized carbons (Fsp3) is 0.444. The molecule has 1 aliphatic rings. The molecule has 8 heteroatoms. The van der Waals surface area contributed by atoms with Crippen molar-refractivity contribution in [3.05, 3.63) is 83.4 Å². The zero-order valence-corrected chi connectivity index (χ0v) is 26.1. The van der Waals surface area contributed by atoms with Gasteiger partial charge in [-0.2, -0.15) is 0 Å². The van der Waals surface area contributed by atoms with Crippen LogP contribution in [0.3, 0.4) is 0 Å². The lowest BCUT2D eigenvalue weighted by Gasteiger charge is -2.37. The molecule has 0 radical (unpaired) electrons. The smallest absolute Gasteiger partial charge is 0.343 e. The number of hydrogen-bond donors (Lipinski definition) is 0. The van der Waals surface area contributed by atoms with Crippen LogP contribution < -0.4 is 18.9 Å². The van der Waals surface area contributed by atoms with E-state index in [4.69, 9.17) is 28.4 Å². The van der Waals surface area contributed by atoms with Crippen molar-refractivity contribution in [2.24, 2.45) is 5.41 Å². The van der Waals surface area contributed by atoms with Crippen LogP contribution in [-0.2, 0) is 9.47 Å². The standard InChI is InChI=1S/C36H44O8/c1-4-5-6-7-21-41-30-14-10-28(11-15-30)34(37)43-32-18-19-33(27(2)23-32)44-35(38)29-12-16-31(17-13-29)42-22-9-8-20-39-24-36(3)25-40-26-36/h10-19,23H,4-9,20-22,24-26H2,1-3H3. The molecular formula is C36H44O8. The van der Waals surface area contributed by atoms with Gasteiger partial charge in [-0.25, -0.2) is 9.59 Å². The molecule has 1 aliphatic heterocycles. The van der Waals surface area contributed by atoms with Crippen molar-refractivity contribution in [3.8, 4) is 23.0 Å². The maximum Gasteiger partial charge on any atom is 0.343 e. The van der Waals surface area contributed by atoms with Gasteiger partial charge in [-0.1, -0.05) is 33.1 Å². The SMILES string of the molecule is CCCCCCOc1ccc(C(=O)Oc2ccc(OC(=O)c3ccc(OCCCCOCC4(C)COC4)cc3)c(C)c2)cc1. The predicted octanol–water partition coefficient (Wildman–Crippen LogP) is 7.60. The summed E-state index contributed by atoms with van der Waals surface area (Å²) in [6.45, 7) is 10.3. The van der Waals surface area contributed by atoms with E-state index in [2.05, 4.69) is 13.8 Å². The molecule has 0 aliphatic carbocycles. The maximum atomic E-state index is 12.7. The molecule has 0 bridgehead atoms. The Balaban J connectivity index is 1.17. The number of unbranched alkanes of at least 4 members (excludes halogenated alkanes) is 4. The van der Waals surface area contributed by atoms with Crippen molar-refractivity contribution in [1.82, 2.24) is 0 Å². The zero-order chi connectivity index (χ0) is 31.2. The van der Waals surface area contributed by atoms with E-state index < -0.39 is 11.9 Å². The highest BCUT2D eigenvalue weighted by atomic mass is 16.5. The maximum absolute atomic E-state index is 12.7. The topological polar surface area (TPSA) is 89.5 Å². The average Bonchev–Trinajstić information content (AvgIpc) is 3.01. The lowest BCUT2D eigenvalue weighted by Crippen LogP contribution is -2.43. The summed E-state index contributed by atoms with van der Waals surface area (Å²) in [5.74, 6) is 1.20. The van der Waals surface area contributed by atoms with Gasteiger partial charge in [0.25, 0.3) is 0 Å². The summed E-state index contributed by atoms with van der Waals surface area (Å²) in [6.07, 6.45) is 6.34. The van der Waals surface area contributed by atoms with Crippen LogP contribution in [0.25, 0.3) is 0 Å². The number of benzene rings is 3. The van der Waals surface area contributed by atoms with Crippen LogP contribution >= 0.6 is 0 Å². The Morgan fingerprint density at radius 2 is 1.25 bits per heavy atom. The summed E-state index contributed by atoms with van der Waals surface area (Å²) < 4.78 is 33.7. The largest absolute Gasteiger partial charge is 0.494 e. The normalized spacial score (nSPS) is 13.5. The fourth-order valence-electron chi connectivity index (χ4n) is 4.57. The van der Waals surface area contributed by atoms with E-state index in [1.165, 1.54) is 12.8 Å². The summed E-state index contributed by atoms with van der Waals surface area (Å²) in [4.78, 5) is 25.4. The molecule has 4 rings (SSSR count). The molecule has 1 fully saturated rings. The van der Waals surface area contributed by atoms with Gasteiger partial charge in [-0.15, -0.1) is 0 Å². The number of carbonyl (C=O) groups is 2. The van der Waals surface area contributed by atoms with Crippen molar-refractivity contribution < 1.29 is 38.0 Å². The van der Waals surface area contributed by atoms with Crippen molar-refractivity contribution in [1.29, 1.82) is 0 Å². The number of hydrogen-bond acceptors (Lipinski definition) is 8. The highest BCUT2D eigenvalue weighted by molar-refractivity contribution is 5.92. The quantitative estimate of drug-likeness (QED) is 0.0833. The Morgan fingerprint density at radius 1 is 0.705 bits per heavy atom. The van der Waals surface area contributed by atoms with Gasteiger partial charge in [0.2, 0.25) is 0 Å². The summed E-state index contributed by atoms with van der Waals surface area (Å²) in [6, 6.07) is 18.7. The first-order valence-corrected chi connectivity index (χ1v) is 15.5. The Morgan fingerprint density at radius 3 is 1.80 bits per heavy atom. The van der Waals surface area contributed by atoms with E-state index in [-0.39, 0.29) is 5.41 Å². The van der Waals surface area contributed by atoms with Gasteiger partial charge in [-0.3, -0.25) is 0 Å². The second-order valence-corrected chi connectivity index (χ2v) is 11.6. The minimum atomic E-state index is -0.486. The number of rotatable bonds is 18. The van der Waals surface area contributed by atoms with E-state index in [1.54, 1.807) is 73.7 Å². The summed E-state index contributed by atoms with van der Waals surface area (Å²) in [5, 5.41) is 0. The van der Waals surface area contributed by atoms with Crippen LogP contribution in [0, 0.1) is 12.3 Å². The molecule has 0 saturated carbocycles. The molecule has 236 valence electrons. The molecule has 0 amide bonds. The van der Waals surface area contributed by atoms with Crippen LogP contribution in [0.1, 0.15) is 78.7 Å². The fourth-order valence-corrected chi connectivity index (χ4v) is 4.57. The van der Waals surface area contributed by atoms with Gasteiger partial charge in [0.1, 0.15) is 23.0 Å². The van der Waals surface area contributed by atoms with Gasteiger partial charge in [-0.05, 0) is 98.5 Å². The van der Waals surface area contributed by atoms with Crippen LogP contribution in [-0.4, -0.2) is 51.6 Å².